The summed E-state index contributed by atoms with van der Waals surface area (Å²) in [6.45, 7) is 14.8. The Bertz CT molecular complexity index is 1280. The van der Waals surface area contributed by atoms with E-state index in [-0.39, 0.29) is 17.6 Å². The van der Waals surface area contributed by atoms with Crippen LogP contribution in [0.5, 0.6) is 17.2 Å². The monoisotopic (exact) mass is 493 g/mol. The largest absolute Gasteiger partial charge is 0.493 e. The molecule has 1 aromatic heterocycles. The van der Waals surface area contributed by atoms with E-state index in [1.807, 2.05) is 43.3 Å². The first kappa shape index (κ1) is 25.1. The normalized spacial score (nSPS) is 14.0. The van der Waals surface area contributed by atoms with Gasteiger partial charge in [-0.1, -0.05) is 20.8 Å². The van der Waals surface area contributed by atoms with Crippen LogP contribution in [-0.4, -0.2) is 39.2 Å². The lowest BCUT2D eigenvalue weighted by Gasteiger charge is -2.36. The fraction of sp³-hybridized carbons (Fsp3) is 0.393. The Morgan fingerprint density at radius 2 is 1.91 bits per heavy atom. The second kappa shape index (κ2) is 9.55. The molecule has 0 saturated carbocycles. The van der Waals surface area contributed by atoms with Crippen LogP contribution in [0, 0.1) is 0 Å². The second-order valence-electron chi connectivity index (χ2n) is 10.5. The lowest BCUT2D eigenvalue weighted by atomic mass is 10.0. The van der Waals surface area contributed by atoms with E-state index in [4.69, 9.17) is 18.6 Å². The van der Waals surface area contributed by atoms with Gasteiger partial charge in [0.2, 0.25) is 12.5 Å². The summed E-state index contributed by atoms with van der Waals surface area (Å²) in [6, 6.07) is 11.6. The van der Waals surface area contributed by atoms with Crippen molar-refractivity contribution in [2.45, 2.75) is 52.4 Å². The molecule has 0 saturated heterocycles. The number of allylic oxidation sites excluding steroid dienone is 1. The Kier molecular flexibility index (Phi) is 6.84. The molecule has 0 atom stereocenters. The number of benzene rings is 2. The van der Waals surface area contributed by atoms with E-state index < -0.39 is 8.32 Å². The van der Waals surface area contributed by atoms with Gasteiger partial charge >= 0.3 is 0 Å². The van der Waals surface area contributed by atoms with Crippen molar-refractivity contribution < 1.29 is 23.4 Å². The molecule has 3 aromatic rings. The summed E-state index contributed by atoms with van der Waals surface area (Å²) >= 11 is 0. The number of Topliss-reactive ketones (excluding diaryl/α,β-unsaturated/α-hetero) is 1. The van der Waals surface area contributed by atoms with Crippen LogP contribution >= 0.6 is 0 Å². The zero-order valence-corrected chi connectivity index (χ0v) is 22.7. The molecule has 0 spiro atoms. The fourth-order valence-electron chi connectivity index (χ4n) is 3.93. The van der Waals surface area contributed by atoms with E-state index in [9.17, 15) is 4.79 Å². The van der Waals surface area contributed by atoms with Gasteiger partial charge in [-0.05, 0) is 78.7 Å². The van der Waals surface area contributed by atoms with Crippen molar-refractivity contribution in [2.75, 3.05) is 20.5 Å². The molecule has 186 valence electrons. The number of ketones is 1. The maximum absolute atomic E-state index is 13.2. The number of carbonyl (C=O) groups is 1. The first-order chi connectivity index (χ1) is 16.5. The Labute approximate surface area is 208 Å². The van der Waals surface area contributed by atoms with E-state index in [2.05, 4.69) is 50.7 Å². The smallest absolute Gasteiger partial charge is 0.231 e. The van der Waals surface area contributed by atoms with Gasteiger partial charge in [0.15, 0.2) is 25.6 Å². The van der Waals surface area contributed by atoms with Crippen LogP contribution in [-0.2, 0) is 11.0 Å². The quantitative estimate of drug-likeness (QED) is 0.199. The minimum Gasteiger partial charge on any atom is -0.493 e. The fourth-order valence-corrected chi connectivity index (χ4v) is 4.96. The lowest BCUT2D eigenvalue weighted by Crippen LogP contribution is -2.41. The van der Waals surface area contributed by atoms with Crippen molar-refractivity contribution in [1.29, 1.82) is 0 Å². The molecule has 0 N–H and O–H groups in total. The van der Waals surface area contributed by atoms with Gasteiger partial charge in [-0.2, -0.15) is 0 Å². The summed E-state index contributed by atoms with van der Waals surface area (Å²) in [4.78, 5) is 13.2. The molecule has 0 aliphatic carbocycles. The highest BCUT2D eigenvalue weighted by Gasteiger charge is 2.36. The van der Waals surface area contributed by atoms with E-state index in [1.54, 1.807) is 7.11 Å². The summed E-state index contributed by atoms with van der Waals surface area (Å²) in [6.07, 6.45) is 3.91. The Balaban J connectivity index is 1.49. The minimum atomic E-state index is -1.77. The number of ether oxygens (including phenoxy) is 3. The maximum Gasteiger partial charge on any atom is 0.231 e. The van der Waals surface area contributed by atoms with Crippen LogP contribution in [0.25, 0.3) is 17.0 Å². The number of fused-ring (bicyclic) bond motifs is 2. The van der Waals surface area contributed by atoms with Gasteiger partial charge in [0, 0.05) is 29.2 Å². The van der Waals surface area contributed by atoms with Gasteiger partial charge in [-0.15, -0.1) is 0 Å². The van der Waals surface area contributed by atoms with Gasteiger partial charge < -0.3 is 23.2 Å². The number of hydrogen-bond donors (Lipinski definition) is 0. The predicted octanol–water partition coefficient (Wildman–Crippen LogP) is 6.69. The van der Waals surface area contributed by atoms with Crippen molar-refractivity contribution in [3.63, 3.8) is 0 Å². The zero-order chi connectivity index (χ0) is 25.4. The van der Waals surface area contributed by atoms with Gasteiger partial charge in [0.1, 0.15) is 0 Å². The van der Waals surface area contributed by atoms with Crippen molar-refractivity contribution in [3.05, 3.63) is 59.3 Å². The number of hydrogen-bond acceptors (Lipinski definition) is 5. The molecule has 1 aliphatic heterocycles. The summed E-state index contributed by atoms with van der Waals surface area (Å²) < 4.78 is 24.9. The van der Waals surface area contributed by atoms with Gasteiger partial charge in [0.05, 0.1) is 13.7 Å². The third-order valence-corrected chi connectivity index (χ3v) is 11.6. The number of methoxy groups -OCH3 is 1. The first-order valence-electron chi connectivity index (χ1n) is 11.9. The Hall–Kier alpha value is -3.03. The van der Waals surface area contributed by atoms with Gasteiger partial charge in [-0.25, -0.2) is 0 Å². The van der Waals surface area contributed by atoms with Crippen LogP contribution in [0.4, 0.5) is 0 Å². The molecule has 1 aliphatic rings. The molecule has 0 fully saturated rings. The Morgan fingerprint density at radius 3 is 2.63 bits per heavy atom. The number of rotatable bonds is 8. The second-order valence-corrected chi connectivity index (χ2v) is 15.3. The summed E-state index contributed by atoms with van der Waals surface area (Å²) in [5.74, 6) is 1.79. The zero-order valence-electron chi connectivity index (χ0n) is 21.7. The summed E-state index contributed by atoms with van der Waals surface area (Å²) in [5, 5.41) is 1.23. The van der Waals surface area contributed by atoms with Crippen LogP contribution < -0.4 is 14.2 Å². The maximum atomic E-state index is 13.2. The van der Waals surface area contributed by atoms with Crippen molar-refractivity contribution >= 4 is 31.1 Å². The van der Waals surface area contributed by atoms with Crippen molar-refractivity contribution in [2.24, 2.45) is 0 Å². The number of aromatic nitrogens is 1. The topological polar surface area (TPSA) is 58.9 Å². The van der Waals surface area contributed by atoms with Gasteiger partial charge in [0.25, 0.3) is 0 Å². The Morgan fingerprint density at radius 1 is 1.14 bits per heavy atom. The summed E-state index contributed by atoms with van der Waals surface area (Å²) in [7, 11) is -0.187. The summed E-state index contributed by atoms with van der Waals surface area (Å²) in [5.41, 5.74) is 3.22. The van der Waals surface area contributed by atoms with E-state index >= 15 is 0 Å². The third-order valence-electron chi connectivity index (χ3n) is 7.06. The third kappa shape index (κ3) is 5.16. The SMILES string of the molecule is COc1cc(/C=C(\C)C(=O)c2ccc3c(ccn3CCO[Si](C)(C)C(C)(C)C)c2)cc2c1OCO2. The average molecular weight is 494 g/mol. The predicted molar refractivity (Wildman–Crippen MR) is 142 cm³/mol. The van der Waals surface area contributed by atoms with Crippen LogP contribution in [0.3, 0.4) is 0 Å². The first-order valence-corrected chi connectivity index (χ1v) is 14.8. The molecule has 2 aromatic carbocycles. The number of carbonyl (C=O) groups excluding carboxylic acids is 1. The number of nitrogens with zero attached hydrogens (tertiary/aromatic N) is 1. The van der Waals surface area contributed by atoms with Crippen molar-refractivity contribution in [3.8, 4) is 17.2 Å². The standard InChI is InChI=1S/C28H35NO5Si/c1-19(14-20-15-24(31-5)27-25(16-20)32-18-33-27)26(30)22-8-9-23-21(17-22)10-11-29(23)12-13-34-35(6,7)28(2,3)4/h8-11,14-17H,12-13,18H2,1-7H3/b19-14+. The van der Waals surface area contributed by atoms with E-state index in [0.29, 0.717) is 35.0 Å². The highest BCUT2D eigenvalue weighted by Crippen LogP contribution is 2.42. The molecular weight excluding hydrogens is 458 g/mol. The molecule has 0 unspecified atom stereocenters. The minimum absolute atomic E-state index is 0.0162. The molecule has 35 heavy (non-hydrogen) atoms. The molecular formula is C28H35NO5Si. The van der Waals surface area contributed by atoms with E-state index in [0.717, 1.165) is 23.0 Å². The van der Waals surface area contributed by atoms with E-state index in [1.165, 1.54) is 0 Å². The lowest BCUT2D eigenvalue weighted by molar-refractivity contribution is 0.103. The molecule has 2 heterocycles. The van der Waals surface area contributed by atoms with Crippen LogP contribution in [0.2, 0.25) is 18.1 Å². The molecule has 4 rings (SSSR count). The van der Waals surface area contributed by atoms with Crippen LogP contribution in [0.1, 0.15) is 43.6 Å². The molecule has 6 nitrogen and oxygen atoms in total. The highest BCUT2D eigenvalue weighted by atomic mass is 28.4. The van der Waals surface area contributed by atoms with Crippen LogP contribution in [0.15, 0.2) is 48.2 Å². The molecule has 0 radical (unpaired) electrons. The molecule has 0 bridgehead atoms. The molecule has 7 heteroatoms. The van der Waals surface area contributed by atoms with Crippen molar-refractivity contribution in [1.82, 2.24) is 4.57 Å². The highest BCUT2D eigenvalue weighted by molar-refractivity contribution is 6.74. The molecule has 0 amide bonds. The average Bonchev–Trinajstić information content (AvgIpc) is 3.43. The van der Waals surface area contributed by atoms with Gasteiger partial charge in [-0.3, -0.25) is 4.79 Å².